The molecule has 3 rings (SSSR count). The fraction of sp³-hybridized carbons (Fsp3) is 0.0714. The lowest BCUT2D eigenvalue weighted by molar-refractivity contribution is -0.384. The van der Waals surface area contributed by atoms with Crippen LogP contribution in [0.3, 0.4) is 0 Å². The summed E-state index contributed by atoms with van der Waals surface area (Å²) >= 11 is 1.29. The molecular formula is C14H10N4O3S. The van der Waals surface area contributed by atoms with Crippen LogP contribution in [-0.4, -0.2) is 16.2 Å². The van der Waals surface area contributed by atoms with Gasteiger partial charge < -0.3 is 5.32 Å². The van der Waals surface area contributed by atoms with Gasteiger partial charge in [-0.05, 0) is 18.2 Å². The Hall–Kier alpha value is -2.74. The highest BCUT2D eigenvalue weighted by atomic mass is 32.2. The van der Waals surface area contributed by atoms with E-state index in [1.807, 2.05) is 24.3 Å². The molecular weight excluding hydrogens is 304 g/mol. The van der Waals surface area contributed by atoms with Gasteiger partial charge in [-0.1, -0.05) is 30.0 Å². The van der Waals surface area contributed by atoms with Crippen LogP contribution in [0.5, 0.6) is 0 Å². The van der Waals surface area contributed by atoms with Crippen molar-refractivity contribution in [3.8, 4) is 0 Å². The second kappa shape index (κ2) is 5.94. The molecule has 2 aromatic carbocycles. The number of nitro groups is 1. The van der Waals surface area contributed by atoms with E-state index in [1.54, 1.807) is 6.07 Å². The standard InChI is InChI=1S/C14H10N4O3S/c19-13-14(22-12-7-2-1-6-11(12)15-13)17-16-9-4-3-5-10(8-9)18(20)21/h1-8,14H,(H,15,19). The molecule has 1 atom stereocenters. The van der Waals surface area contributed by atoms with E-state index in [4.69, 9.17) is 0 Å². The van der Waals surface area contributed by atoms with Crippen molar-refractivity contribution in [3.63, 3.8) is 0 Å². The summed E-state index contributed by atoms with van der Waals surface area (Å²) in [6.07, 6.45) is 0. The number of hydrogen-bond acceptors (Lipinski definition) is 6. The van der Waals surface area contributed by atoms with E-state index < -0.39 is 10.3 Å². The lowest BCUT2D eigenvalue weighted by atomic mass is 10.3. The Bertz CT molecular complexity index is 778. The van der Waals surface area contributed by atoms with Crippen LogP contribution in [0, 0.1) is 10.1 Å². The first kappa shape index (κ1) is 14.2. The number of hydrogen-bond donors (Lipinski definition) is 1. The average Bonchev–Trinajstić information content (AvgIpc) is 2.53. The average molecular weight is 314 g/mol. The van der Waals surface area contributed by atoms with Crippen LogP contribution in [0.25, 0.3) is 0 Å². The zero-order valence-electron chi connectivity index (χ0n) is 11.2. The molecule has 22 heavy (non-hydrogen) atoms. The smallest absolute Gasteiger partial charge is 0.271 e. The number of thioether (sulfide) groups is 1. The highest BCUT2D eigenvalue weighted by Crippen LogP contribution is 2.36. The maximum absolute atomic E-state index is 12.0. The highest BCUT2D eigenvalue weighted by molar-refractivity contribution is 8.01. The predicted molar refractivity (Wildman–Crippen MR) is 82.3 cm³/mol. The number of carbonyl (C=O) groups excluding carboxylic acids is 1. The van der Waals surface area contributed by atoms with Crippen molar-refractivity contribution in [2.75, 3.05) is 5.32 Å². The van der Waals surface area contributed by atoms with Gasteiger partial charge in [-0.3, -0.25) is 14.9 Å². The number of nitrogens with zero attached hydrogens (tertiary/aromatic N) is 3. The summed E-state index contributed by atoms with van der Waals surface area (Å²) in [7, 11) is 0. The molecule has 0 aliphatic carbocycles. The number of fused-ring (bicyclic) bond motifs is 1. The van der Waals surface area contributed by atoms with Crippen LogP contribution in [0.4, 0.5) is 17.1 Å². The molecule has 8 heteroatoms. The van der Waals surface area contributed by atoms with Gasteiger partial charge in [0.25, 0.3) is 11.6 Å². The minimum atomic E-state index is -0.714. The summed E-state index contributed by atoms with van der Waals surface area (Å²) < 4.78 is 0. The van der Waals surface area contributed by atoms with Gasteiger partial charge in [0.05, 0.1) is 16.3 Å². The van der Waals surface area contributed by atoms with Gasteiger partial charge in [0, 0.05) is 17.0 Å². The molecule has 1 N–H and O–H groups in total. The Kier molecular flexibility index (Phi) is 3.84. The minimum absolute atomic E-state index is 0.0671. The number of anilines is 1. The van der Waals surface area contributed by atoms with Crippen LogP contribution >= 0.6 is 11.8 Å². The topological polar surface area (TPSA) is 97.0 Å². The number of non-ortho nitro benzene ring substituents is 1. The SMILES string of the molecule is O=C1Nc2ccccc2SC1N=Nc1cccc([N+](=O)[O-])c1. The molecule has 0 saturated heterocycles. The number of para-hydroxylation sites is 1. The van der Waals surface area contributed by atoms with Gasteiger partial charge in [-0.2, -0.15) is 10.2 Å². The molecule has 1 aliphatic rings. The second-order valence-electron chi connectivity index (χ2n) is 4.45. The van der Waals surface area contributed by atoms with Crippen molar-refractivity contribution >= 4 is 34.7 Å². The van der Waals surface area contributed by atoms with Gasteiger partial charge in [0.15, 0.2) is 5.37 Å². The van der Waals surface area contributed by atoms with Gasteiger partial charge >= 0.3 is 0 Å². The molecule has 7 nitrogen and oxygen atoms in total. The van der Waals surface area contributed by atoms with Crippen LogP contribution in [0.1, 0.15) is 0 Å². The molecule has 1 aliphatic heterocycles. The summed E-state index contributed by atoms with van der Waals surface area (Å²) in [5.41, 5.74) is 1.02. The van der Waals surface area contributed by atoms with Crippen molar-refractivity contribution in [3.05, 3.63) is 58.6 Å². The Morgan fingerprint density at radius 1 is 1.18 bits per heavy atom. The van der Waals surface area contributed by atoms with E-state index in [0.717, 1.165) is 10.6 Å². The van der Waals surface area contributed by atoms with Crippen LogP contribution in [-0.2, 0) is 4.79 Å². The number of carbonyl (C=O) groups is 1. The number of azo groups is 1. The summed E-state index contributed by atoms with van der Waals surface area (Å²) in [6.45, 7) is 0. The molecule has 1 unspecified atom stereocenters. The number of benzene rings is 2. The molecule has 2 aromatic rings. The number of rotatable bonds is 3. The minimum Gasteiger partial charge on any atom is -0.322 e. The Morgan fingerprint density at radius 2 is 2.00 bits per heavy atom. The van der Waals surface area contributed by atoms with Gasteiger partial charge in [-0.15, -0.1) is 0 Å². The number of amides is 1. The lowest BCUT2D eigenvalue weighted by Gasteiger charge is -2.20. The molecule has 1 amide bonds. The van der Waals surface area contributed by atoms with Crippen molar-refractivity contribution in [1.82, 2.24) is 0 Å². The first-order valence-electron chi connectivity index (χ1n) is 6.35. The molecule has 0 radical (unpaired) electrons. The largest absolute Gasteiger partial charge is 0.322 e. The maximum atomic E-state index is 12.0. The molecule has 110 valence electrons. The monoisotopic (exact) mass is 314 g/mol. The van der Waals surface area contributed by atoms with Crippen molar-refractivity contribution in [2.24, 2.45) is 10.2 Å². The highest BCUT2D eigenvalue weighted by Gasteiger charge is 2.26. The van der Waals surface area contributed by atoms with E-state index in [-0.39, 0.29) is 11.6 Å². The summed E-state index contributed by atoms with van der Waals surface area (Å²) in [4.78, 5) is 23.1. The molecule has 0 spiro atoms. The first-order valence-corrected chi connectivity index (χ1v) is 7.23. The van der Waals surface area contributed by atoms with Crippen LogP contribution in [0.2, 0.25) is 0 Å². The third kappa shape index (κ3) is 2.96. The Balaban J connectivity index is 1.80. The first-order chi connectivity index (χ1) is 10.6. The summed E-state index contributed by atoms with van der Waals surface area (Å²) in [6, 6.07) is 13.2. The quantitative estimate of drug-likeness (QED) is 0.530. The van der Waals surface area contributed by atoms with E-state index in [9.17, 15) is 14.9 Å². The van der Waals surface area contributed by atoms with E-state index in [0.29, 0.717) is 5.69 Å². The van der Waals surface area contributed by atoms with E-state index in [2.05, 4.69) is 15.5 Å². The molecule has 0 aromatic heterocycles. The number of nitrogens with one attached hydrogen (secondary N) is 1. The van der Waals surface area contributed by atoms with Crippen LogP contribution in [0.15, 0.2) is 63.7 Å². The fourth-order valence-corrected chi connectivity index (χ4v) is 2.81. The van der Waals surface area contributed by atoms with Crippen molar-refractivity contribution in [1.29, 1.82) is 0 Å². The second-order valence-corrected chi connectivity index (χ2v) is 5.57. The van der Waals surface area contributed by atoms with Crippen molar-refractivity contribution < 1.29 is 9.72 Å². The molecule has 0 fully saturated rings. The zero-order chi connectivity index (χ0) is 15.5. The van der Waals surface area contributed by atoms with Gasteiger partial charge in [-0.25, -0.2) is 0 Å². The van der Waals surface area contributed by atoms with Gasteiger partial charge in [0.1, 0.15) is 0 Å². The third-order valence-electron chi connectivity index (χ3n) is 2.93. The zero-order valence-corrected chi connectivity index (χ0v) is 12.0. The van der Waals surface area contributed by atoms with Crippen molar-refractivity contribution in [2.45, 2.75) is 10.3 Å². The third-order valence-corrected chi connectivity index (χ3v) is 4.07. The van der Waals surface area contributed by atoms with Crippen LogP contribution < -0.4 is 5.32 Å². The molecule has 0 saturated carbocycles. The van der Waals surface area contributed by atoms with Gasteiger partial charge in [0.2, 0.25) is 0 Å². The Labute approximate surface area is 129 Å². The predicted octanol–water partition coefficient (Wildman–Crippen LogP) is 3.75. The Morgan fingerprint density at radius 3 is 2.82 bits per heavy atom. The molecule has 1 heterocycles. The fourth-order valence-electron chi connectivity index (χ4n) is 1.90. The maximum Gasteiger partial charge on any atom is 0.271 e. The summed E-state index contributed by atoms with van der Waals surface area (Å²) in [5.74, 6) is -0.266. The van der Waals surface area contributed by atoms with E-state index in [1.165, 1.54) is 30.0 Å². The molecule has 0 bridgehead atoms. The lowest BCUT2D eigenvalue weighted by Crippen LogP contribution is -2.27. The van der Waals surface area contributed by atoms with E-state index >= 15 is 0 Å². The number of nitro benzene ring substituents is 1. The normalized spacial score (nSPS) is 17.1. The summed E-state index contributed by atoms with van der Waals surface area (Å²) in [5, 5.41) is 20.7.